The third-order valence-corrected chi connectivity index (χ3v) is 3.25. The van der Waals surface area contributed by atoms with Gasteiger partial charge in [0.1, 0.15) is 6.79 Å². The van der Waals surface area contributed by atoms with Crippen LogP contribution in [0.3, 0.4) is 0 Å². The van der Waals surface area contributed by atoms with Crippen molar-refractivity contribution in [2.45, 2.75) is 43.9 Å². The smallest absolute Gasteiger partial charge is 0.146 e. The van der Waals surface area contributed by atoms with Gasteiger partial charge in [-0.15, -0.1) is 6.58 Å². The highest BCUT2D eigenvalue weighted by atomic mass is 16.7. The van der Waals surface area contributed by atoms with Crippen LogP contribution >= 0.6 is 0 Å². The van der Waals surface area contributed by atoms with Crippen molar-refractivity contribution in [2.75, 3.05) is 13.9 Å². The lowest BCUT2D eigenvalue weighted by Crippen LogP contribution is -2.45. The van der Waals surface area contributed by atoms with E-state index in [-0.39, 0.29) is 31.0 Å². The van der Waals surface area contributed by atoms with Crippen molar-refractivity contribution >= 4 is 0 Å². The summed E-state index contributed by atoms with van der Waals surface area (Å²) >= 11 is 0. The zero-order valence-corrected chi connectivity index (χ0v) is 9.97. The molecule has 4 heteroatoms. The fourth-order valence-electron chi connectivity index (χ4n) is 2.35. The average Bonchev–Trinajstić information content (AvgIpc) is 2.69. The Labute approximate surface area is 97.4 Å². The molecule has 3 N–H and O–H groups in total. The highest BCUT2D eigenvalue weighted by Crippen LogP contribution is 2.30. The molecular weight excluding hydrogens is 206 g/mol. The molecule has 0 spiro atoms. The van der Waals surface area contributed by atoms with E-state index in [1.165, 1.54) is 0 Å². The maximum atomic E-state index is 9.81. The zero-order chi connectivity index (χ0) is 12.0. The lowest BCUT2D eigenvalue weighted by atomic mass is 9.91. The summed E-state index contributed by atoms with van der Waals surface area (Å²) in [5.41, 5.74) is 6.15. The maximum absolute atomic E-state index is 9.81. The van der Waals surface area contributed by atoms with Crippen molar-refractivity contribution in [1.29, 1.82) is 0 Å². The quantitative estimate of drug-likeness (QED) is 0.506. The third kappa shape index (κ3) is 3.56. The summed E-state index contributed by atoms with van der Waals surface area (Å²) in [5, 5.41) is 9.81. The lowest BCUT2D eigenvalue weighted by Gasteiger charge is -2.29. The Morgan fingerprint density at radius 3 is 2.81 bits per heavy atom. The summed E-state index contributed by atoms with van der Waals surface area (Å²) in [7, 11) is 1.58. The van der Waals surface area contributed by atoms with E-state index in [9.17, 15) is 5.11 Å². The summed E-state index contributed by atoms with van der Waals surface area (Å²) in [6.45, 7) is 3.93. The van der Waals surface area contributed by atoms with Crippen molar-refractivity contribution in [3.8, 4) is 0 Å². The Balaban J connectivity index is 2.50. The largest absolute Gasteiger partial charge is 0.393 e. The molecule has 1 aliphatic carbocycles. The summed E-state index contributed by atoms with van der Waals surface area (Å²) < 4.78 is 10.4. The first-order valence-electron chi connectivity index (χ1n) is 5.85. The van der Waals surface area contributed by atoms with E-state index in [1.807, 2.05) is 0 Å². The van der Waals surface area contributed by atoms with Crippen LogP contribution in [0.2, 0.25) is 0 Å². The highest BCUT2D eigenvalue weighted by Gasteiger charge is 2.34. The molecule has 4 nitrogen and oxygen atoms in total. The van der Waals surface area contributed by atoms with Crippen LogP contribution in [0.4, 0.5) is 0 Å². The predicted octanol–water partition coefficient (Wildman–Crippen LogP) is 1.04. The fraction of sp³-hybridized carbons (Fsp3) is 0.833. The van der Waals surface area contributed by atoms with Crippen LogP contribution in [0, 0.1) is 5.92 Å². The molecule has 0 aromatic carbocycles. The highest BCUT2D eigenvalue weighted by molar-refractivity contribution is 4.91. The standard InChI is InChI=1S/C12H23NO3/c1-3-5-11(16-8-15-2)12(13)9-6-4-7-10(9)14/h3,9-12,14H,1,4-8,13H2,2H3/t9-,10+,11+,12+/m1/s1. The molecule has 1 rings (SSSR count). The first-order chi connectivity index (χ1) is 7.70. The Bertz CT molecular complexity index is 210. The predicted molar refractivity (Wildman–Crippen MR) is 62.9 cm³/mol. The monoisotopic (exact) mass is 229 g/mol. The van der Waals surface area contributed by atoms with E-state index in [2.05, 4.69) is 6.58 Å². The molecule has 0 heterocycles. The van der Waals surface area contributed by atoms with Gasteiger partial charge < -0.3 is 20.3 Å². The van der Waals surface area contributed by atoms with Gasteiger partial charge in [-0.05, 0) is 19.3 Å². The van der Waals surface area contributed by atoms with Gasteiger partial charge in [0.2, 0.25) is 0 Å². The number of aliphatic hydroxyl groups is 1. The number of ether oxygens (including phenoxy) is 2. The van der Waals surface area contributed by atoms with Crippen LogP contribution in [-0.2, 0) is 9.47 Å². The minimum atomic E-state index is -0.284. The van der Waals surface area contributed by atoms with E-state index >= 15 is 0 Å². The number of methoxy groups -OCH3 is 1. The molecule has 1 aliphatic rings. The molecule has 0 aliphatic heterocycles. The number of rotatable bonds is 7. The second-order valence-electron chi connectivity index (χ2n) is 4.38. The van der Waals surface area contributed by atoms with Gasteiger partial charge in [0.15, 0.2) is 0 Å². The lowest BCUT2D eigenvalue weighted by molar-refractivity contribution is -0.0883. The van der Waals surface area contributed by atoms with E-state index in [0.717, 1.165) is 19.3 Å². The van der Waals surface area contributed by atoms with Crippen molar-refractivity contribution in [3.05, 3.63) is 12.7 Å². The summed E-state index contributed by atoms with van der Waals surface area (Å²) in [4.78, 5) is 0. The first kappa shape index (κ1) is 13.6. The number of hydrogen-bond acceptors (Lipinski definition) is 4. The number of hydrogen-bond donors (Lipinski definition) is 2. The normalized spacial score (nSPS) is 28.9. The molecule has 0 bridgehead atoms. The van der Waals surface area contributed by atoms with E-state index < -0.39 is 0 Å². The van der Waals surface area contributed by atoms with Gasteiger partial charge in [0.25, 0.3) is 0 Å². The molecule has 0 unspecified atom stereocenters. The first-order valence-corrected chi connectivity index (χ1v) is 5.85. The van der Waals surface area contributed by atoms with Crippen molar-refractivity contribution < 1.29 is 14.6 Å². The average molecular weight is 229 g/mol. The molecule has 0 aromatic heterocycles. The molecule has 94 valence electrons. The minimum absolute atomic E-state index is 0.116. The fourth-order valence-corrected chi connectivity index (χ4v) is 2.35. The second kappa shape index (κ2) is 7.01. The Morgan fingerprint density at radius 1 is 1.56 bits per heavy atom. The van der Waals surface area contributed by atoms with Gasteiger partial charge in [0, 0.05) is 19.1 Å². The van der Waals surface area contributed by atoms with Crippen LogP contribution in [-0.4, -0.2) is 37.3 Å². The SMILES string of the molecule is C=CC[C@H](OCOC)[C@@H](N)[C@@H]1CCC[C@@H]1O. The van der Waals surface area contributed by atoms with E-state index in [0.29, 0.717) is 6.42 Å². The van der Waals surface area contributed by atoms with Gasteiger partial charge in [-0.3, -0.25) is 0 Å². The Hall–Kier alpha value is -0.420. The topological polar surface area (TPSA) is 64.7 Å². The Morgan fingerprint density at radius 2 is 2.31 bits per heavy atom. The molecule has 1 saturated carbocycles. The van der Waals surface area contributed by atoms with Crippen molar-refractivity contribution in [3.63, 3.8) is 0 Å². The third-order valence-electron chi connectivity index (χ3n) is 3.25. The minimum Gasteiger partial charge on any atom is -0.393 e. The van der Waals surface area contributed by atoms with Crippen LogP contribution in [0.5, 0.6) is 0 Å². The van der Waals surface area contributed by atoms with E-state index in [1.54, 1.807) is 13.2 Å². The molecule has 1 fully saturated rings. The number of nitrogens with two attached hydrogens (primary N) is 1. The van der Waals surface area contributed by atoms with Gasteiger partial charge in [-0.1, -0.05) is 12.5 Å². The number of aliphatic hydroxyl groups excluding tert-OH is 1. The second-order valence-corrected chi connectivity index (χ2v) is 4.38. The molecule has 0 aromatic rings. The van der Waals surface area contributed by atoms with Crippen LogP contribution in [0.15, 0.2) is 12.7 Å². The van der Waals surface area contributed by atoms with Crippen LogP contribution < -0.4 is 5.73 Å². The van der Waals surface area contributed by atoms with Gasteiger partial charge in [0.05, 0.1) is 12.2 Å². The van der Waals surface area contributed by atoms with Crippen molar-refractivity contribution in [1.82, 2.24) is 0 Å². The zero-order valence-electron chi connectivity index (χ0n) is 9.97. The summed E-state index contributed by atoms with van der Waals surface area (Å²) in [5.74, 6) is 0.141. The van der Waals surface area contributed by atoms with Crippen molar-refractivity contribution in [2.24, 2.45) is 11.7 Å². The molecule has 4 atom stereocenters. The molecule has 0 saturated heterocycles. The van der Waals surface area contributed by atoms with Crippen LogP contribution in [0.25, 0.3) is 0 Å². The molecule has 0 radical (unpaired) electrons. The molecule has 0 amide bonds. The van der Waals surface area contributed by atoms with Crippen LogP contribution in [0.1, 0.15) is 25.7 Å². The maximum Gasteiger partial charge on any atom is 0.146 e. The van der Waals surface area contributed by atoms with E-state index in [4.69, 9.17) is 15.2 Å². The summed E-state index contributed by atoms with van der Waals surface area (Å²) in [6, 6.07) is -0.148. The Kier molecular flexibility index (Phi) is 5.98. The van der Waals surface area contributed by atoms with Gasteiger partial charge in [-0.25, -0.2) is 0 Å². The summed E-state index contributed by atoms with van der Waals surface area (Å²) in [6.07, 6.45) is 4.96. The van der Waals surface area contributed by atoms with Gasteiger partial charge >= 0.3 is 0 Å². The molecular formula is C12H23NO3. The van der Waals surface area contributed by atoms with Gasteiger partial charge in [-0.2, -0.15) is 0 Å². The molecule has 16 heavy (non-hydrogen) atoms.